The number of esters is 1. The summed E-state index contributed by atoms with van der Waals surface area (Å²) in [6, 6.07) is -1.84. The first-order valence-electron chi connectivity index (χ1n) is 8.78. The number of carbonyl (C=O) groups excluding carboxylic acids is 2. The van der Waals surface area contributed by atoms with Crippen LogP contribution in [0.25, 0.3) is 10.4 Å². The van der Waals surface area contributed by atoms with E-state index in [9.17, 15) is 9.59 Å². The van der Waals surface area contributed by atoms with Crippen molar-refractivity contribution in [1.82, 2.24) is 5.32 Å². The summed E-state index contributed by atoms with van der Waals surface area (Å²) in [5.74, 6) is -1.42. The van der Waals surface area contributed by atoms with Crippen LogP contribution in [0.1, 0.15) is 47.0 Å². The van der Waals surface area contributed by atoms with Crippen LogP contribution < -0.4 is 11.1 Å². The molecule has 1 rings (SSSR count). The van der Waals surface area contributed by atoms with Gasteiger partial charge in [-0.1, -0.05) is 19.0 Å². The largest absolute Gasteiger partial charge is 0.466 e. The van der Waals surface area contributed by atoms with Gasteiger partial charge in [0.1, 0.15) is 0 Å². The highest BCUT2D eigenvalue weighted by Gasteiger charge is 2.48. The number of amides is 1. The first-order valence-corrected chi connectivity index (χ1v) is 8.78. The lowest BCUT2D eigenvalue weighted by Gasteiger charge is -2.44. The molecule has 0 aliphatic heterocycles. The number of nitrogens with zero attached hydrogens (tertiary/aromatic N) is 3. The second-order valence-electron chi connectivity index (χ2n) is 6.22. The van der Waals surface area contributed by atoms with E-state index in [2.05, 4.69) is 15.3 Å². The Balaban J connectivity index is 3.22. The van der Waals surface area contributed by atoms with Gasteiger partial charge < -0.3 is 20.5 Å². The van der Waals surface area contributed by atoms with E-state index in [4.69, 9.17) is 20.7 Å². The molecule has 9 nitrogen and oxygen atoms in total. The van der Waals surface area contributed by atoms with Gasteiger partial charge in [0.25, 0.3) is 0 Å². The highest BCUT2D eigenvalue weighted by atomic mass is 16.5. The zero-order chi connectivity index (χ0) is 19.0. The molecule has 0 aromatic heterocycles. The van der Waals surface area contributed by atoms with Gasteiger partial charge in [-0.3, -0.25) is 9.59 Å². The number of rotatable bonds is 8. The summed E-state index contributed by atoms with van der Waals surface area (Å²) in [7, 11) is 0. The molecule has 0 saturated heterocycles. The van der Waals surface area contributed by atoms with E-state index >= 15 is 0 Å². The van der Waals surface area contributed by atoms with Gasteiger partial charge in [0, 0.05) is 17.9 Å². The topological polar surface area (TPSA) is 139 Å². The van der Waals surface area contributed by atoms with Gasteiger partial charge in [-0.2, -0.15) is 0 Å². The molecule has 1 saturated carbocycles. The Labute approximate surface area is 148 Å². The van der Waals surface area contributed by atoms with Crippen molar-refractivity contribution in [1.29, 1.82) is 0 Å². The number of nitrogens with one attached hydrogen (secondary N) is 1. The molecule has 0 radical (unpaired) electrons. The second-order valence-corrected chi connectivity index (χ2v) is 6.22. The molecule has 1 aliphatic carbocycles. The fourth-order valence-electron chi connectivity index (χ4n) is 3.25. The van der Waals surface area contributed by atoms with Crippen molar-refractivity contribution in [2.24, 2.45) is 16.8 Å². The first-order chi connectivity index (χ1) is 11.9. The summed E-state index contributed by atoms with van der Waals surface area (Å²) in [5, 5.41) is 6.60. The van der Waals surface area contributed by atoms with Gasteiger partial charge in [0.05, 0.1) is 36.8 Å². The van der Waals surface area contributed by atoms with Crippen molar-refractivity contribution >= 4 is 11.9 Å². The molecule has 1 fully saturated rings. The molecule has 25 heavy (non-hydrogen) atoms. The summed E-state index contributed by atoms with van der Waals surface area (Å²) in [4.78, 5) is 26.8. The Bertz CT molecular complexity index is 505. The van der Waals surface area contributed by atoms with Crippen LogP contribution in [0, 0.1) is 5.92 Å². The molecule has 0 spiro atoms. The Morgan fingerprint density at radius 3 is 2.48 bits per heavy atom. The Morgan fingerprint density at radius 1 is 1.36 bits per heavy atom. The predicted molar refractivity (Wildman–Crippen MR) is 92.5 cm³/mol. The van der Waals surface area contributed by atoms with Crippen molar-refractivity contribution in [2.75, 3.05) is 6.61 Å². The van der Waals surface area contributed by atoms with Crippen LogP contribution in [0.5, 0.6) is 0 Å². The SMILES string of the molecule is CCOC(=O)[C@H]1C[C@H](N)[C@@H](NC(C)=O)[C@@H](OC(CC)CC)[C@H]1N=[N+]=[N-]. The average Bonchev–Trinajstić information content (AvgIpc) is 2.57. The molecule has 0 aromatic rings. The van der Waals surface area contributed by atoms with Crippen LogP contribution in [0.2, 0.25) is 0 Å². The van der Waals surface area contributed by atoms with Gasteiger partial charge in [-0.25, -0.2) is 0 Å². The monoisotopic (exact) mass is 355 g/mol. The molecule has 0 bridgehead atoms. The number of azide groups is 1. The van der Waals surface area contributed by atoms with Crippen LogP contribution in [-0.2, 0) is 19.1 Å². The van der Waals surface area contributed by atoms with E-state index in [1.807, 2.05) is 13.8 Å². The van der Waals surface area contributed by atoms with E-state index in [1.165, 1.54) is 6.92 Å². The summed E-state index contributed by atoms with van der Waals surface area (Å²) in [5.41, 5.74) is 15.2. The zero-order valence-corrected chi connectivity index (χ0v) is 15.3. The molecule has 142 valence electrons. The normalized spacial score (nSPS) is 29.0. The van der Waals surface area contributed by atoms with E-state index < -0.39 is 36.1 Å². The van der Waals surface area contributed by atoms with E-state index in [-0.39, 0.29) is 25.0 Å². The van der Waals surface area contributed by atoms with Crippen LogP contribution in [0.4, 0.5) is 0 Å². The Hall–Kier alpha value is -1.83. The summed E-state index contributed by atoms with van der Waals surface area (Å²) in [6.07, 6.45) is 0.967. The molecule has 0 unspecified atom stereocenters. The van der Waals surface area contributed by atoms with Crippen molar-refractivity contribution in [2.45, 2.75) is 77.3 Å². The summed E-state index contributed by atoms with van der Waals surface area (Å²) >= 11 is 0. The quantitative estimate of drug-likeness (QED) is 0.295. The number of hydrogen-bond donors (Lipinski definition) is 2. The van der Waals surface area contributed by atoms with Gasteiger partial charge in [0.2, 0.25) is 5.91 Å². The first kappa shape index (κ1) is 21.2. The number of ether oxygens (including phenoxy) is 2. The minimum Gasteiger partial charge on any atom is -0.466 e. The maximum atomic E-state index is 12.3. The summed E-state index contributed by atoms with van der Waals surface area (Å²) in [6.45, 7) is 7.29. The maximum Gasteiger partial charge on any atom is 0.309 e. The Morgan fingerprint density at radius 2 is 2.00 bits per heavy atom. The zero-order valence-electron chi connectivity index (χ0n) is 15.3. The van der Waals surface area contributed by atoms with E-state index in [0.717, 1.165) is 12.8 Å². The second kappa shape index (κ2) is 10.2. The lowest BCUT2D eigenvalue weighted by atomic mass is 9.76. The molecule has 9 heteroatoms. The molecule has 5 atom stereocenters. The number of nitrogens with two attached hydrogens (primary N) is 1. The van der Waals surface area contributed by atoms with E-state index in [1.54, 1.807) is 6.92 Å². The lowest BCUT2D eigenvalue weighted by Crippen LogP contribution is -2.65. The van der Waals surface area contributed by atoms with E-state index in [0.29, 0.717) is 0 Å². The third-order valence-corrected chi connectivity index (χ3v) is 4.49. The smallest absolute Gasteiger partial charge is 0.309 e. The van der Waals surface area contributed by atoms with Crippen LogP contribution >= 0.6 is 0 Å². The van der Waals surface area contributed by atoms with Crippen LogP contribution in [0.3, 0.4) is 0 Å². The van der Waals surface area contributed by atoms with Crippen LogP contribution in [-0.4, -0.2) is 48.8 Å². The number of carbonyl (C=O) groups is 2. The molecule has 3 N–H and O–H groups in total. The van der Waals surface area contributed by atoms with Crippen molar-refractivity contribution in [3.63, 3.8) is 0 Å². The highest BCUT2D eigenvalue weighted by Crippen LogP contribution is 2.32. The van der Waals surface area contributed by atoms with Gasteiger partial charge in [0.15, 0.2) is 0 Å². The lowest BCUT2D eigenvalue weighted by molar-refractivity contribution is -0.155. The average molecular weight is 355 g/mol. The molecule has 1 aliphatic rings. The molecular weight excluding hydrogens is 326 g/mol. The molecule has 0 heterocycles. The van der Waals surface area contributed by atoms with Crippen molar-refractivity contribution < 1.29 is 19.1 Å². The highest BCUT2D eigenvalue weighted by molar-refractivity contribution is 5.75. The third-order valence-electron chi connectivity index (χ3n) is 4.49. The Kier molecular flexibility index (Phi) is 8.68. The van der Waals surface area contributed by atoms with Gasteiger partial charge in [-0.05, 0) is 31.7 Å². The van der Waals surface area contributed by atoms with Gasteiger partial charge >= 0.3 is 5.97 Å². The standard InChI is InChI=1S/C16H29N5O4/c1-5-10(6-2)25-15-13(20-21-18)11(16(23)24-7-3)8-12(17)14(15)19-9(4)22/h10-15H,5-8,17H2,1-4H3,(H,19,22)/t11-,12-,13-,14+,15-/m0/s1. The third kappa shape index (κ3) is 5.59. The fraction of sp³-hybridized carbons (Fsp3) is 0.875. The van der Waals surface area contributed by atoms with Crippen LogP contribution in [0.15, 0.2) is 5.11 Å². The number of hydrogen-bond acceptors (Lipinski definition) is 6. The predicted octanol–water partition coefficient (Wildman–Crippen LogP) is 1.65. The van der Waals surface area contributed by atoms with Crippen molar-refractivity contribution in [3.05, 3.63) is 10.4 Å². The maximum absolute atomic E-state index is 12.3. The summed E-state index contributed by atoms with van der Waals surface area (Å²) < 4.78 is 11.2. The van der Waals surface area contributed by atoms with Crippen molar-refractivity contribution in [3.8, 4) is 0 Å². The minimum absolute atomic E-state index is 0.0919. The van der Waals surface area contributed by atoms with Gasteiger partial charge in [-0.15, -0.1) is 0 Å². The fourth-order valence-corrected chi connectivity index (χ4v) is 3.25. The minimum atomic E-state index is -0.790. The molecule has 0 aromatic carbocycles. The molecular formula is C16H29N5O4. The molecule has 1 amide bonds.